The number of hydrogen-bond donors (Lipinski definition) is 0. The molecule has 1 rings (SSSR count). The number of hydrogen-bond acceptors (Lipinski definition) is 1. The molecule has 1 nitrogen and oxygen atoms in total. The molecule has 0 aromatic heterocycles. The van der Waals surface area contributed by atoms with Crippen molar-refractivity contribution in [3.8, 4) is 0 Å². The quantitative estimate of drug-likeness (QED) is 0.717. The first kappa shape index (κ1) is 12.8. The van der Waals surface area contributed by atoms with Crippen molar-refractivity contribution in [1.29, 1.82) is 0 Å². The fourth-order valence-electron chi connectivity index (χ4n) is 1.38. The minimum atomic E-state index is -1.03. The van der Waals surface area contributed by atoms with Crippen LogP contribution in [0.3, 0.4) is 0 Å². The van der Waals surface area contributed by atoms with Crippen molar-refractivity contribution in [2.24, 2.45) is 11.8 Å². The number of Topliss-reactive ketones (excluding diaryl/α,β-unsaturated/α-hetero) is 1. The molecule has 0 bridgehead atoms. The van der Waals surface area contributed by atoms with E-state index < -0.39 is 11.6 Å². The van der Waals surface area contributed by atoms with Gasteiger partial charge in [0.1, 0.15) is 0 Å². The van der Waals surface area contributed by atoms with Crippen LogP contribution in [0.15, 0.2) is 12.1 Å². The smallest absolute Gasteiger partial charge is 0.169 e. The van der Waals surface area contributed by atoms with Crippen LogP contribution in [0, 0.1) is 30.4 Å². The van der Waals surface area contributed by atoms with E-state index in [0.717, 1.165) is 0 Å². The predicted octanol–water partition coefficient (Wildman–Crippen LogP) is 3.75. The highest BCUT2D eigenvalue weighted by atomic mass is 19.2. The van der Waals surface area contributed by atoms with Gasteiger partial charge in [0.2, 0.25) is 0 Å². The van der Waals surface area contributed by atoms with Crippen LogP contribution in [0.4, 0.5) is 8.78 Å². The van der Waals surface area contributed by atoms with Gasteiger partial charge in [0.15, 0.2) is 17.4 Å². The summed E-state index contributed by atoms with van der Waals surface area (Å²) in [6, 6.07) is 2.79. The van der Waals surface area contributed by atoms with Gasteiger partial charge in [0, 0.05) is 5.92 Å². The molecular weight excluding hydrogens is 210 g/mol. The van der Waals surface area contributed by atoms with Gasteiger partial charge in [-0.15, -0.1) is 0 Å². The molecule has 0 aliphatic carbocycles. The molecule has 0 radical (unpaired) electrons. The van der Waals surface area contributed by atoms with E-state index in [9.17, 15) is 13.6 Å². The molecule has 0 aliphatic heterocycles. The zero-order valence-corrected chi connectivity index (χ0v) is 9.97. The van der Waals surface area contributed by atoms with Crippen molar-refractivity contribution in [2.45, 2.75) is 27.7 Å². The Kier molecular flexibility index (Phi) is 3.79. The fraction of sp³-hybridized carbons (Fsp3) is 0.462. The zero-order chi connectivity index (χ0) is 12.5. The van der Waals surface area contributed by atoms with E-state index in [1.165, 1.54) is 19.1 Å². The third-order valence-electron chi connectivity index (χ3n) is 2.95. The Hall–Kier alpha value is -1.25. The first-order valence-corrected chi connectivity index (χ1v) is 5.35. The Morgan fingerprint density at radius 2 is 1.69 bits per heavy atom. The number of carbonyl (C=O) groups is 1. The summed E-state index contributed by atoms with van der Waals surface area (Å²) in [7, 11) is 0. The molecule has 1 aromatic rings. The van der Waals surface area contributed by atoms with Gasteiger partial charge < -0.3 is 0 Å². The van der Waals surface area contributed by atoms with Gasteiger partial charge in [-0.2, -0.15) is 0 Å². The number of carbonyl (C=O) groups excluding carboxylic acids is 1. The number of halogens is 2. The Morgan fingerprint density at radius 1 is 1.12 bits per heavy atom. The van der Waals surface area contributed by atoms with Crippen LogP contribution in [-0.2, 0) is 0 Å². The molecule has 0 saturated heterocycles. The van der Waals surface area contributed by atoms with Crippen molar-refractivity contribution >= 4 is 5.78 Å². The molecule has 0 aliphatic rings. The maximum absolute atomic E-state index is 13.5. The molecule has 0 fully saturated rings. The molecule has 0 amide bonds. The minimum Gasteiger partial charge on any atom is -0.294 e. The Labute approximate surface area is 94.5 Å². The van der Waals surface area contributed by atoms with Gasteiger partial charge in [0.05, 0.1) is 5.56 Å². The Bertz CT molecular complexity index is 411. The van der Waals surface area contributed by atoms with Crippen LogP contribution in [0.25, 0.3) is 0 Å². The zero-order valence-electron chi connectivity index (χ0n) is 9.97. The topological polar surface area (TPSA) is 17.1 Å². The molecule has 0 N–H and O–H groups in total. The van der Waals surface area contributed by atoms with Gasteiger partial charge in [-0.1, -0.05) is 26.8 Å². The largest absolute Gasteiger partial charge is 0.294 e. The second-order valence-corrected chi connectivity index (χ2v) is 4.45. The number of benzene rings is 1. The monoisotopic (exact) mass is 226 g/mol. The van der Waals surface area contributed by atoms with E-state index in [1.807, 2.05) is 13.8 Å². The van der Waals surface area contributed by atoms with Crippen LogP contribution in [-0.4, -0.2) is 5.78 Å². The third-order valence-corrected chi connectivity index (χ3v) is 2.95. The summed E-state index contributed by atoms with van der Waals surface area (Å²) in [5, 5.41) is 0. The van der Waals surface area contributed by atoms with Gasteiger partial charge in [-0.05, 0) is 24.5 Å². The van der Waals surface area contributed by atoms with Crippen LogP contribution in [0.5, 0.6) is 0 Å². The fourth-order valence-corrected chi connectivity index (χ4v) is 1.38. The van der Waals surface area contributed by atoms with Crippen LogP contribution >= 0.6 is 0 Å². The van der Waals surface area contributed by atoms with Crippen LogP contribution in [0.1, 0.15) is 36.7 Å². The first-order chi connectivity index (χ1) is 7.36. The standard InChI is InChI=1S/C13H16F2O/c1-7(2)9(4)13(16)10-6-5-8(3)11(14)12(10)15/h5-7,9H,1-4H3. The Morgan fingerprint density at radius 3 is 2.19 bits per heavy atom. The first-order valence-electron chi connectivity index (χ1n) is 5.35. The second-order valence-electron chi connectivity index (χ2n) is 4.45. The molecule has 88 valence electrons. The summed E-state index contributed by atoms with van der Waals surface area (Å²) in [6.45, 7) is 6.96. The summed E-state index contributed by atoms with van der Waals surface area (Å²) in [6.07, 6.45) is 0. The summed E-state index contributed by atoms with van der Waals surface area (Å²) in [5.41, 5.74) is 0.0653. The molecule has 1 unspecified atom stereocenters. The highest BCUT2D eigenvalue weighted by Crippen LogP contribution is 2.21. The van der Waals surface area contributed by atoms with Crippen LogP contribution < -0.4 is 0 Å². The van der Waals surface area contributed by atoms with E-state index in [-0.39, 0.29) is 28.7 Å². The lowest BCUT2D eigenvalue weighted by Gasteiger charge is -2.15. The molecule has 0 saturated carbocycles. The maximum Gasteiger partial charge on any atom is 0.169 e. The summed E-state index contributed by atoms with van der Waals surface area (Å²) >= 11 is 0. The summed E-state index contributed by atoms with van der Waals surface area (Å²) in [5.74, 6) is -2.50. The SMILES string of the molecule is Cc1ccc(C(=O)C(C)C(C)C)c(F)c1F. The molecule has 16 heavy (non-hydrogen) atoms. The van der Waals surface area contributed by atoms with Gasteiger partial charge in [-0.3, -0.25) is 4.79 Å². The van der Waals surface area contributed by atoms with E-state index in [0.29, 0.717) is 0 Å². The molecule has 1 aromatic carbocycles. The summed E-state index contributed by atoms with van der Waals surface area (Å²) in [4.78, 5) is 11.9. The average Bonchev–Trinajstić information content (AvgIpc) is 2.24. The van der Waals surface area contributed by atoms with E-state index in [2.05, 4.69) is 0 Å². The average molecular weight is 226 g/mol. The highest BCUT2D eigenvalue weighted by molar-refractivity contribution is 5.98. The number of aryl methyl sites for hydroxylation is 1. The van der Waals surface area contributed by atoms with E-state index in [4.69, 9.17) is 0 Å². The van der Waals surface area contributed by atoms with Gasteiger partial charge in [0.25, 0.3) is 0 Å². The second kappa shape index (κ2) is 4.73. The van der Waals surface area contributed by atoms with Crippen molar-refractivity contribution in [1.82, 2.24) is 0 Å². The van der Waals surface area contributed by atoms with E-state index in [1.54, 1.807) is 6.92 Å². The molecule has 1 atom stereocenters. The highest BCUT2D eigenvalue weighted by Gasteiger charge is 2.23. The molecule has 0 spiro atoms. The Balaban J connectivity index is 3.15. The van der Waals surface area contributed by atoms with E-state index >= 15 is 0 Å². The predicted molar refractivity (Wildman–Crippen MR) is 59.4 cm³/mol. The van der Waals surface area contributed by atoms with Crippen molar-refractivity contribution in [3.63, 3.8) is 0 Å². The lowest BCUT2D eigenvalue weighted by molar-refractivity contribution is 0.0894. The number of rotatable bonds is 3. The van der Waals surface area contributed by atoms with Crippen molar-refractivity contribution in [3.05, 3.63) is 34.9 Å². The summed E-state index contributed by atoms with van der Waals surface area (Å²) < 4.78 is 26.8. The van der Waals surface area contributed by atoms with Gasteiger partial charge >= 0.3 is 0 Å². The lowest BCUT2D eigenvalue weighted by Crippen LogP contribution is -2.19. The third kappa shape index (κ3) is 2.29. The van der Waals surface area contributed by atoms with Crippen LogP contribution in [0.2, 0.25) is 0 Å². The van der Waals surface area contributed by atoms with Gasteiger partial charge in [-0.25, -0.2) is 8.78 Å². The molecular formula is C13H16F2O. The maximum atomic E-state index is 13.5. The minimum absolute atomic E-state index is 0.108. The molecule has 3 heteroatoms. The number of ketones is 1. The van der Waals surface area contributed by atoms with Crippen molar-refractivity contribution in [2.75, 3.05) is 0 Å². The molecule has 0 heterocycles. The normalized spacial score (nSPS) is 12.9. The van der Waals surface area contributed by atoms with Crippen molar-refractivity contribution < 1.29 is 13.6 Å². The lowest BCUT2D eigenvalue weighted by atomic mass is 9.89.